The first-order valence-electron chi connectivity index (χ1n) is 5.33. The van der Waals surface area contributed by atoms with Crippen LogP contribution >= 0.6 is 0 Å². The highest BCUT2D eigenvalue weighted by molar-refractivity contribution is 7.89. The minimum atomic E-state index is -3.76. The summed E-state index contributed by atoms with van der Waals surface area (Å²) in [6.45, 7) is -0.965. The van der Waals surface area contributed by atoms with Gasteiger partial charge < -0.3 is 10.0 Å². The number of amides is 1. The van der Waals surface area contributed by atoms with E-state index in [0.717, 1.165) is 4.90 Å². The fourth-order valence-electron chi connectivity index (χ4n) is 1.27. The summed E-state index contributed by atoms with van der Waals surface area (Å²) in [5.74, 6) is -1.79. The molecule has 8 heteroatoms. The molecule has 0 saturated carbocycles. The van der Waals surface area contributed by atoms with Gasteiger partial charge in [-0.1, -0.05) is 18.2 Å². The van der Waals surface area contributed by atoms with E-state index in [2.05, 4.69) is 4.72 Å². The van der Waals surface area contributed by atoms with Crippen molar-refractivity contribution >= 4 is 21.9 Å². The number of rotatable bonds is 6. The van der Waals surface area contributed by atoms with Crippen LogP contribution in [0, 0.1) is 0 Å². The van der Waals surface area contributed by atoms with Gasteiger partial charge >= 0.3 is 5.97 Å². The summed E-state index contributed by atoms with van der Waals surface area (Å²) < 4.78 is 25.7. The van der Waals surface area contributed by atoms with Crippen LogP contribution < -0.4 is 4.72 Å². The van der Waals surface area contributed by atoms with E-state index >= 15 is 0 Å². The zero-order chi connectivity index (χ0) is 14.5. The van der Waals surface area contributed by atoms with E-state index in [4.69, 9.17) is 5.11 Å². The number of likely N-dealkylation sites (N-methyl/N-ethyl adjacent to an activating group) is 1. The first-order chi connectivity index (χ1) is 8.83. The van der Waals surface area contributed by atoms with Gasteiger partial charge in [-0.3, -0.25) is 9.59 Å². The highest BCUT2D eigenvalue weighted by atomic mass is 32.2. The van der Waals surface area contributed by atoms with Crippen molar-refractivity contribution in [1.29, 1.82) is 0 Å². The highest BCUT2D eigenvalue weighted by Crippen LogP contribution is 2.06. The molecular formula is C11H14N2O5S. The molecule has 0 unspecified atom stereocenters. The Morgan fingerprint density at radius 1 is 1.26 bits per heavy atom. The Bertz CT molecular complexity index is 556. The number of carboxylic acids is 1. The van der Waals surface area contributed by atoms with Gasteiger partial charge in [-0.15, -0.1) is 0 Å². The van der Waals surface area contributed by atoms with Gasteiger partial charge in [-0.2, -0.15) is 0 Å². The molecule has 1 amide bonds. The highest BCUT2D eigenvalue weighted by Gasteiger charge is 2.17. The van der Waals surface area contributed by atoms with Crippen LogP contribution in [-0.4, -0.2) is 50.4 Å². The number of hydrogen-bond acceptors (Lipinski definition) is 4. The number of aliphatic carboxylic acids is 1. The van der Waals surface area contributed by atoms with E-state index in [1.165, 1.54) is 19.2 Å². The quantitative estimate of drug-likeness (QED) is 0.734. The van der Waals surface area contributed by atoms with Crippen LogP contribution in [-0.2, 0) is 19.6 Å². The molecule has 0 radical (unpaired) electrons. The van der Waals surface area contributed by atoms with Crippen molar-refractivity contribution in [2.75, 3.05) is 20.1 Å². The number of nitrogens with zero attached hydrogens (tertiary/aromatic N) is 1. The Labute approximate surface area is 110 Å². The lowest BCUT2D eigenvalue weighted by Gasteiger charge is -2.14. The van der Waals surface area contributed by atoms with E-state index in [0.29, 0.717) is 0 Å². The largest absolute Gasteiger partial charge is 0.480 e. The summed E-state index contributed by atoms with van der Waals surface area (Å²) in [5.41, 5.74) is 0. The average Bonchev–Trinajstić information content (AvgIpc) is 2.36. The molecule has 0 fully saturated rings. The topological polar surface area (TPSA) is 104 Å². The number of carboxylic acid groups (broad SMARTS) is 1. The van der Waals surface area contributed by atoms with Crippen molar-refractivity contribution in [3.63, 3.8) is 0 Å². The van der Waals surface area contributed by atoms with Crippen LogP contribution in [0.3, 0.4) is 0 Å². The molecule has 0 aromatic heterocycles. The second kappa shape index (κ2) is 6.30. The Morgan fingerprint density at radius 3 is 2.37 bits per heavy atom. The van der Waals surface area contributed by atoms with Crippen molar-refractivity contribution in [3.8, 4) is 0 Å². The molecule has 1 aromatic rings. The van der Waals surface area contributed by atoms with Crippen molar-refractivity contribution in [2.24, 2.45) is 0 Å². The van der Waals surface area contributed by atoms with Gasteiger partial charge in [-0.25, -0.2) is 13.1 Å². The van der Waals surface area contributed by atoms with Gasteiger partial charge in [-0.05, 0) is 12.1 Å². The molecule has 0 aliphatic carbocycles. The fraction of sp³-hybridized carbons (Fsp3) is 0.273. The second-order valence-electron chi connectivity index (χ2n) is 3.78. The smallest absolute Gasteiger partial charge is 0.323 e. The summed E-state index contributed by atoms with van der Waals surface area (Å²) in [5, 5.41) is 8.51. The third-order valence-corrected chi connectivity index (χ3v) is 3.68. The van der Waals surface area contributed by atoms with Crippen molar-refractivity contribution in [3.05, 3.63) is 30.3 Å². The van der Waals surface area contributed by atoms with Gasteiger partial charge in [0, 0.05) is 7.05 Å². The third kappa shape index (κ3) is 4.68. The monoisotopic (exact) mass is 286 g/mol. The van der Waals surface area contributed by atoms with Gasteiger partial charge in [0.2, 0.25) is 15.9 Å². The van der Waals surface area contributed by atoms with E-state index in [1.54, 1.807) is 18.2 Å². The molecule has 104 valence electrons. The lowest BCUT2D eigenvalue weighted by atomic mass is 10.4. The SMILES string of the molecule is CN(CC(=O)O)C(=O)CNS(=O)(=O)c1ccccc1. The minimum Gasteiger partial charge on any atom is -0.480 e. The summed E-state index contributed by atoms with van der Waals surface area (Å²) in [6.07, 6.45) is 0. The minimum absolute atomic E-state index is 0.0451. The second-order valence-corrected chi connectivity index (χ2v) is 5.55. The van der Waals surface area contributed by atoms with E-state index in [9.17, 15) is 18.0 Å². The predicted molar refractivity (Wildman–Crippen MR) is 66.9 cm³/mol. The number of benzene rings is 1. The maximum absolute atomic E-state index is 11.8. The molecular weight excluding hydrogens is 272 g/mol. The average molecular weight is 286 g/mol. The van der Waals surface area contributed by atoms with Gasteiger partial charge in [0.05, 0.1) is 11.4 Å². The fourth-order valence-corrected chi connectivity index (χ4v) is 2.26. The molecule has 0 bridgehead atoms. The van der Waals surface area contributed by atoms with E-state index in [-0.39, 0.29) is 4.90 Å². The van der Waals surface area contributed by atoms with Crippen LogP contribution in [0.1, 0.15) is 0 Å². The summed E-state index contributed by atoms with van der Waals surface area (Å²) in [7, 11) is -2.48. The zero-order valence-corrected chi connectivity index (χ0v) is 11.1. The van der Waals surface area contributed by atoms with Crippen LogP contribution in [0.5, 0.6) is 0 Å². The number of sulfonamides is 1. The molecule has 0 spiro atoms. The Kier molecular flexibility index (Phi) is 5.02. The van der Waals surface area contributed by atoms with Crippen molar-refractivity contribution in [1.82, 2.24) is 9.62 Å². The van der Waals surface area contributed by atoms with Gasteiger partial charge in [0.15, 0.2) is 0 Å². The molecule has 0 saturated heterocycles. The molecule has 0 atom stereocenters. The number of carbonyl (C=O) groups is 2. The van der Waals surface area contributed by atoms with Crippen LogP contribution in [0.15, 0.2) is 35.2 Å². The van der Waals surface area contributed by atoms with Crippen LogP contribution in [0.2, 0.25) is 0 Å². The molecule has 7 nitrogen and oxygen atoms in total. The van der Waals surface area contributed by atoms with Crippen molar-refractivity contribution in [2.45, 2.75) is 4.90 Å². The van der Waals surface area contributed by atoms with Crippen LogP contribution in [0.4, 0.5) is 0 Å². The van der Waals surface area contributed by atoms with Gasteiger partial charge in [0.25, 0.3) is 0 Å². The Balaban J connectivity index is 2.62. The first kappa shape index (κ1) is 15.1. The molecule has 0 heterocycles. The normalized spacial score (nSPS) is 11.0. The Hall–Kier alpha value is -1.93. The molecule has 1 aromatic carbocycles. The molecule has 2 N–H and O–H groups in total. The lowest BCUT2D eigenvalue weighted by molar-refractivity contribution is -0.143. The number of nitrogens with one attached hydrogen (secondary N) is 1. The summed E-state index contributed by atoms with van der Waals surface area (Å²) in [4.78, 5) is 22.9. The van der Waals surface area contributed by atoms with E-state index in [1.807, 2.05) is 0 Å². The molecule has 0 aliphatic heterocycles. The molecule has 19 heavy (non-hydrogen) atoms. The first-order valence-corrected chi connectivity index (χ1v) is 6.81. The lowest BCUT2D eigenvalue weighted by Crippen LogP contribution is -2.40. The summed E-state index contributed by atoms with van der Waals surface area (Å²) >= 11 is 0. The summed E-state index contributed by atoms with van der Waals surface area (Å²) in [6, 6.07) is 7.59. The van der Waals surface area contributed by atoms with E-state index < -0.39 is 35.0 Å². The maximum Gasteiger partial charge on any atom is 0.323 e. The van der Waals surface area contributed by atoms with Crippen molar-refractivity contribution < 1.29 is 23.1 Å². The van der Waals surface area contributed by atoms with Gasteiger partial charge in [0.1, 0.15) is 6.54 Å². The standard InChI is InChI=1S/C11H14N2O5S/c1-13(8-11(15)16)10(14)7-12-19(17,18)9-5-3-2-4-6-9/h2-6,12H,7-8H2,1H3,(H,15,16). The third-order valence-electron chi connectivity index (χ3n) is 2.27. The zero-order valence-electron chi connectivity index (χ0n) is 10.2. The maximum atomic E-state index is 11.8. The number of carbonyl (C=O) groups excluding carboxylic acids is 1. The van der Waals surface area contributed by atoms with Crippen LogP contribution in [0.25, 0.3) is 0 Å². The predicted octanol–water partition coefficient (Wildman–Crippen LogP) is -0.492. The number of hydrogen-bond donors (Lipinski definition) is 2. The Morgan fingerprint density at radius 2 is 1.84 bits per heavy atom. The molecule has 1 rings (SSSR count). The molecule has 0 aliphatic rings.